The Morgan fingerprint density at radius 2 is 1.88 bits per heavy atom. The predicted octanol–water partition coefficient (Wildman–Crippen LogP) is 4.33. The molecule has 2 N–H and O–H groups in total. The molecule has 0 unspecified atom stereocenters. The van der Waals surface area contributed by atoms with Gasteiger partial charge in [0.25, 0.3) is 0 Å². The molecule has 3 rings (SSSR count). The van der Waals surface area contributed by atoms with Crippen molar-refractivity contribution in [2.45, 2.75) is 13.3 Å². The van der Waals surface area contributed by atoms with E-state index in [1.807, 2.05) is 31.2 Å². The number of aryl methyl sites for hydroxylation is 1. The minimum atomic E-state index is -0.146. The van der Waals surface area contributed by atoms with Crippen LogP contribution in [0.1, 0.15) is 11.3 Å². The van der Waals surface area contributed by atoms with Gasteiger partial charge in [0.15, 0.2) is 0 Å². The molecular formula is C19H19ClN2O3. The van der Waals surface area contributed by atoms with Crippen molar-refractivity contribution in [2.75, 3.05) is 19.5 Å². The number of amides is 1. The monoisotopic (exact) mass is 358 g/mol. The predicted molar refractivity (Wildman–Crippen MR) is 99.9 cm³/mol. The molecule has 0 radical (unpaired) electrons. The highest BCUT2D eigenvalue weighted by atomic mass is 35.5. The Morgan fingerprint density at radius 3 is 2.60 bits per heavy atom. The quantitative estimate of drug-likeness (QED) is 0.713. The SMILES string of the molecule is COc1cc(OC)c(NC(=O)Cc2c(C)[nH]c3ccccc23)cc1Cl. The third kappa shape index (κ3) is 3.42. The van der Waals surface area contributed by atoms with Crippen molar-refractivity contribution in [3.8, 4) is 11.5 Å². The van der Waals surface area contributed by atoms with Crippen molar-refractivity contribution in [3.63, 3.8) is 0 Å². The molecule has 1 heterocycles. The van der Waals surface area contributed by atoms with Gasteiger partial charge in [-0.1, -0.05) is 29.8 Å². The molecule has 130 valence electrons. The number of nitrogens with one attached hydrogen (secondary N) is 2. The third-order valence-electron chi connectivity index (χ3n) is 4.11. The Morgan fingerprint density at radius 1 is 1.16 bits per heavy atom. The van der Waals surface area contributed by atoms with E-state index in [4.69, 9.17) is 21.1 Å². The normalized spacial score (nSPS) is 10.7. The molecule has 1 amide bonds. The lowest BCUT2D eigenvalue weighted by Gasteiger charge is -2.13. The molecule has 0 saturated carbocycles. The maximum Gasteiger partial charge on any atom is 0.228 e. The van der Waals surface area contributed by atoms with E-state index in [1.165, 1.54) is 14.2 Å². The number of hydrogen-bond donors (Lipinski definition) is 2. The first kappa shape index (κ1) is 17.2. The van der Waals surface area contributed by atoms with E-state index >= 15 is 0 Å². The van der Waals surface area contributed by atoms with Crippen molar-refractivity contribution in [3.05, 3.63) is 52.7 Å². The summed E-state index contributed by atoms with van der Waals surface area (Å²) in [7, 11) is 3.06. The largest absolute Gasteiger partial charge is 0.495 e. The molecule has 0 aliphatic heterocycles. The Balaban J connectivity index is 1.85. The van der Waals surface area contributed by atoms with Gasteiger partial charge in [0, 0.05) is 22.7 Å². The number of benzene rings is 2. The van der Waals surface area contributed by atoms with Crippen LogP contribution < -0.4 is 14.8 Å². The van der Waals surface area contributed by atoms with E-state index in [0.29, 0.717) is 22.2 Å². The van der Waals surface area contributed by atoms with E-state index in [9.17, 15) is 4.79 Å². The van der Waals surface area contributed by atoms with Gasteiger partial charge >= 0.3 is 0 Å². The lowest BCUT2D eigenvalue weighted by Crippen LogP contribution is -2.15. The van der Waals surface area contributed by atoms with E-state index in [0.717, 1.165) is 22.2 Å². The number of para-hydroxylation sites is 1. The van der Waals surface area contributed by atoms with Crippen LogP contribution in [0, 0.1) is 6.92 Å². The number of halogens is 1. The summed E-state index contributed by atoms with van der Waals surface area (Å²) in [6.07, 6.45) is 0.253. The van der Waals surface area contributed by atoms with Crippen LogP contribution in [0.4, 0.5) is 5.69 Å². The summed E-state index contributed by atoms with van der Waals surface area (Å²) in [5.41, 5.74) is 3.49. The number of ether oxygens (including phenoxy) is 2. The summed E-state index contributed by atoms with van der Waals surface area (Å²) >= 11 is 6.15. The summed E-state index contributed by atoms with van der Waals surface area (Å²) in [5.74, 6) is 0.835. The number of aromatic nitrogens is 1. The molecule has 0 spiro atoms. The smallest absolute Gasteiger partial charge is 0.228 e. The maximum atomic E-state index is 12.6. The van der Waals surface area contributed by atoms with Gasteiger partial charge in [-0.15, -0.1) is 0 Å². The molecule has 0 atom stereocenters. The Hall–Kier alpha value is -2.66. The van der Waals surface area contributed by atoms with Crippen LogP contribution in [0.2, 0.25) is 5.02 Å². The number of rotatable bonds is 5. The molecule has 0 aliphatic carbocycles. The van der Waals surface area contributed by atoms with Crippen LogP contribution in [0.25, 0.3) is 10.9 Å². The van der Waals surface area contributed by atoms with Crippen LogP contribution in [-0.2, 0) is 11.2 Å². The van der Waals surface area contributed by atoms with Gasteiger partial charge in [-0.3, -0.25) is 4.79 Å². The number of anilines is 1. The number of H-pyrrole nitrogens is 1. The molecule has 1 aromatic heterocycles. The summed E-state index contributed by atoms with van der Waals surface area (Å²) < 4.78 is 10.5. The fourth-order valence-electron chi connectivity index (χ4n) is 2.88. The molecule has 6 heteroatoms. The van der Waals surface area contributed by atoms with Gasteiger partial charge in [0.2, 0.25) is 5.91 Å². The minimum absolute atomic E-state index is 0.146. The highest BCUT2D eigenvalue weighted by molar-refractivity contribution is 6.32. The number of aromatic amines is 1. The minimum Gasteiger partial charge on any atom is -0.495 e. The number of carbonyl (C=O) groups is 1. The molecule has 0 fully saturated rings. The van der Waals surface area contributed by atoms with Crippen molar-refractivity contribution in [2.24, 2.45) is 0 Å². The number of hydrogen-bond acceptors (Lipinski definition) is 3. The first-order valence-electron chi connectivity index (χ1n) is 7.81. The van der Waals surface area contributed by atoms with Gasteiger partial charge in [-0.2, -0.15) is 0 Å². The van der Waals surface area contributed by atoms with Gasteiger partial charge in [-0.05, 0) is 24.6 Å². The molecule has 2 aromatic carbocycles. The number of fused-ring (bicyclic) bond motifs is 1. The highest BCUT2D eigenvalue weighted by Crippen LogP contribution is 2.36. The van der Waals surface area contributed by atoms with Crippen molar-refractivity contribution in [1.82, 2.24) is 4.98 Å². The van der Waals surface area contributed by atoms with E-state index in [-0.39, 0.29) is 12.3 Å². The summed E-state index contributed by atoms with van der Waals surface area (Å²) in [5, 5.41) is 4.32. The van der Waals surface area contributed by atoms with E-state index in [2.05, 4.69) is 10.3 Å². The Kier molecular flexibility index (Phi) is 4.86. The average molecular weight is 359 g/mol. The molecule has 0 aliphatic rings. The van der Waals surface area contributed by atoms with Crippen LogP contribution in [0.5, 0.6) is 11.5 Å². The van der Waals surface area contributed by atoms with Crippen LogP contribution in [0.15, 0.2) is 36.4 Å². The second-order valence-corrected chi connectivity index (χ2v) is 6.09. The van der Waals surface area contributed by atoms with Crippen LogP contribution >= 0.6 is 11.6 Å². The average Bonchev–Trinajstić information content (AvgIpc) is 2.91. The first-order chi connectivity index (χ1) is 12.0. The van der Waals surface area contributed by atoms with E-state index in [1.54, 1.807) is 12.1 Å². The van der Waals surface area contributed by atoms with Crippen molar-refractivity contribution < 1.29 is 14.3 Å². The first-order valence-corrected chi connectivity index (χ1v) is 8.18. The Bertz CT molecular complexity index is 934. The molecule has 25 heavy (non-hydrogen) atoms. The topological polar surface area (TPSA) is 63.4 Å². The molecule has 5 nitrogen and oxygen atoms in total. The van der Waals surface area contributed by atoms with Crippen molar-refractivity contribution in [1.29, 1.82) is 0 Å². The second kappa shape index (κ2) is 7.07. The molecular weight excluding hydrogens is 340 g/mol. The van der Waals surface area contributed by atoms with Crippen molar-refractivity contribution >= 4 is 34.1 Å². The molecule has 3 aromatic rings. The van der Waals surface area contributed by atoms with Gasteiger partial charge < -0.3 is 19.8 Å². The lowest BCUT2D eigenvalue weighted by atomic mass is 10.1. The fourth-order valence-corrected chi connectivity index (χ4v) is 3.12. The molecule has 0 saturated heterocycles. The second-order valence-electron chi connectivity index (χ2n) is 5.69. The highest BCUT2D eigenvalue weighted by Gasteiger charge is 2.15. The Labute approximate surface area is 150 Å². The zero-order chi connectivity index (χ0) is 18.0. The molecule has 0 bridgehead atoms. The third-order valence-corrected chi connectivity index (χ3v) is 4.41. The maximum absolute atomic E-state index is 12.6. The van der Waals surface area contributed by atoms with Gasteiger partial charge in [0.05, 0.1) is 31.4 Å². The van der Waals surface area contributed by atoms with E-state index < -0.39 is 0 Å². The summed E-state index contributed by atoms with van der Waals surface area (Å²) in [6.45, 7) is 1.97. The lowest BCUT2D eigenvalue weighted by molar-refractivity contribution is -0.115. The zero-order valence-electron chi connectivity index (χ0n) is 14.3. The van der Waals surface area contributed by atoms with Crippen LogP contribution in [-0.4, -0.2) is 25.1 Å². The summed E-state index contributed by atoms with van der Waals surface area (Å²) in [6, 6.07) is 11.2. The number of methoxy groups -OCH3 is 2. The zero-order valence-corrected chi connectivity index (χ0v) is 15.0. The van der Waals surface area contributed by atoms with Gasteiger partial charge in [0.1, 0.15) is 11.5 Å². The summed E-state index contributed by atoms with van der Waals surface area (Å²) in [4.78, 5) is 15.9. The van der Waals surface area contributed by atoms with Crippen LogP contribution in [0.3, 0.4) is 0 Å². The standard InChI is InChI=1S/C19H19ClN2O3/c1-11-13(12-6-4-5-7-15(12)21-11)8-19(23)22-16-9-14(20)17(24-2)10-18(16)25-3/h4-7,9-10,21H,8H2,1-3H3,(H,22,23). The number of carbonyl (C=O) groups excluding carboxylic acids is 1. The van der Waals surface area contributed by atoms with Gasteiger partial charge in [-0.25, -0.2) is 0 Å². The fraction of sp³-hybridized carbons (Fsp3) is 0.211.